The average molecular weight is 1230 g/mol. The van der Waals surface area contributed by atoms with Crippen LogP contribution in [0.5, 0.6) is 0 Å². The Labute approximate surface area is 505 Å². The van der Waals surface area contributed by atoms with Gasteiger partial charge in [-0.25, -0.2) is 9.13 Å². The van der Waals surface area contributed by atoms with E-state index in [1.54, 1.807) is 0 Å². The summed E-state index contributed by atoms with van der Waals surface area (Å²) in [5.41, 5.74) is 0. The Morgan fingerprint density at radius 2 is 0.554 bits per heavy atom. The van der Waals surface area contributed by atoms with E-state index in [0.29, 0.717) is 25.7 Å². The number of ether oxygens (including phenoxy) is 4. The highest BCUT2D eigenvalue weighted by atomic mass is 31.2. The van der Waals surface area contributed by atoms with Crippen LogP contribution in [0.15, 0.2) is 0 Å². The van der Waals surface area contributed by atoms with Gasteiger partial charge >= 0.3 is 39.5 Å². The van der Waals surface area contributed by atoms with Crippen LogP contribution in [0.2, 0.25) is 0 Å². The molecule has 2 unspecified atom stereocenters. The van der Waals surface area contributed by atoms with Crippen molar-refractivity contribution in [3.8, 4) is 0 Å². The summed E-state index contributed by atoms with van der Waals surface area (Å²) in [5.74, 6) is -0.588. The fourth-order valence-electron chi connectivity index (χ4n) is 9.53. The molecule has 0 fully saturated rings. The molecule has 0 aromatic carbocycles. The molecule has 0 spiro atoms. The molecule has 0 aromatic rings. The molecule has 0 saturated heterocycles. The maximum absolute atomic E-state index is 13.0. The fraction of sp³-hybridized carbons (Fsp3) is 0.938. The van der Waals surface area contributed by atoms with Crippen LogP contribution in [0, 0.1) is 11.8 Å². The molecule has 83 heavy (non-hydrogen) atoms. The largest absolute Gasteiger partial charge is 0.472 e. The van der Waals surface area contributed by atoms with Gasteiger partial charge < -0.3 is 33.8 Å². The summed E-state index contributed by atoms with van der Waals surface area (Å²) in [7, 11) is -9.87. The maximum atomic E-state index is 13.0. The normalized spacial score (nSPS) is 14.3. The summed E-state index contributed by atoms with van der Waals surface area (Å²) in [6, 6.07) is 0. The van der Waals surface area contributed by atoms with Crippen LogP contribution in [0.25, 0.3) is 0 Å². The summed E-state index contributed by atoms with van der Waals surface area (Å²) in [4.78, 5) is 71.8. The number of phosphoric acid groups is 2. The predicted octanol–water partition coefficient (Wildman–Crippen LogP) is 17.7. The number of aliphatic hydroxyl groups excluding tert-OH is 1. The second kappa shape index (κ2) is 56.6. The molecular weight excluding hydrogens is 1100 g/mol. The van der Waals surface area contributed by atoms with E-state index in [4.69, 9.17) is 37.0 Å². The Morgan fingerprint density at radius 3 is 0.819 bits per heavy atom. The van der Waals surface area contributed by atoms with Crippen LogP contribution >= 0.6 is 15.6 Å². The van der Waals surface area contributed by atoms with E-state index < -0.39 is 97.5 Å². The van der Waals surface area contributed by atoms with E-state index in [-0.39, 0.29) is 25.7 Å². The minimum absolute atomic E-state index is 0.103. The van der Waals surface area contributed by atoms with E-state index in [1.807, 2.05) is 0 Å². The number of carbonyl (C=O) groups is 4. The van der Waals surface area contributed by atoms with E-state index >= 15 is 0 Å². The SMILES string of the molecule is CCCCCCCCCC(=O)O[C@H](COC(=O)CCCCCCC)COP(=O)(O)OC[C@H](O)COP(=O)(O)OC[C@@H](COC(=O)CCCCCCCCCCCCC(C)C)OC(=O)CCCCCCCCCCCCCCCCCC(C)C. The van der Waals surface area contributed by atoms with Gasteiger partial charge in [-0.2, -0.15) is 0 Å². The van der Waals surface area contributed by atoms with E-state index in [2.05, 4.69) is 41.5 Å². The zero-order valence-electron chi connectivity index (χ0n) is 53.5. The number of hydrogen-bond acceptors (Lipinski definition) is 15. The van der Waals surface area contributed by atoms with Crippen molar-refractivity contribution in [1.82, 2.24) is 0 Å². The molecular formula is C64H124O17P2. The van der Waals surface area contributed by atoms with E-state index in [0.717, 1.165) is 121 Å². The van der Waals surface area contributed by atoms with Gasteiger partial charge in [0.2, 0.25) is 0 Å². The smallest absolute Gasteiger partial charge is 0.462 e. The zero-order valence-corrected chi connectivity index (χ0v) is 55.3. The molecule has 492 valence electrons. The molecule has 0 bridgehead atoms. The molecule has 0 radical (unpaired) electrons. The summed E-state index contributed by atoms with van der Waals surface area (Å²) in [6.45, 7) is 9.39. The quantitative estimate of drug-likeness (QED) is 0.0222. The number of esters is 4. The molecule has 5 atom stereocenters. The van der Waals surface area contributed by atoms with Crippen LogP contribution in [-0.2, 0) is 65.4 Å². The zero-order chi connectivity index (χ0) is 61.5. The van der Waals surface area contributed by atoms with Crippen molar-refractivity contribution < 1.29 is 80.2 Å². The Morgan fingerprint density at radius 1 is 0.325 bits per heavy atom. The number of hydrogen-bond donors (Lipinski definition) is 3. The third-order valence-electron chi connectivity index (χ3n) is 14.7. The Hall–Kier alpha value is -1.94. The van der Waals surface area contributed by atoms with Gasteiger partial charge in [0.05, 0.1) is 26.4 Å². The molecule has 0 aliphatic carbocycles. The van der Waals surface area contributed by atoms with Crippen LogP contribution in [0.4, 0.5) is 0 Å². The molecule has 0 rings (SSSR count). The molecule has 0 aromatic heterocycles. The Bertz CT molecular complexity index is 1630. The van der Waals surface area contributed by atoms with Crippen molar-refractivity contribution in [3.05, 3.63) is 0 Å². The average Bonchev–Trinajstić information content (AvgIpc) is 3.46. The van der Waals surface area contributed by atoms with Gasteiger partial charge in [-0.05, 0) is 37.5 Å². The minimum atomic E-state index is -4.94. The third kappa shape index (κ3) is 58.8. The van der Waals surface area contributed by atoms with Gasteiger partial charge in [-0.15, -0.1) is 0 Å². The first kappa shape index (κ1) is 81.1. The van der Waals surface area contributed by atoms with Crippen molar-refractivity contribution in [3.63, 3.8) is 0 Å². The summed E-state index contributed by atoms with van der Waals surface area (Å²) >= 11 is 0. The molecule has 0 aliphatic rings. The highest BCUT2D eigenvalue weighted by Gasteiger charge is 2.30. The maximum Gasteiger partial charge on any atom is 0.472 e. The van der Waals surface area contributed by atoms with Gasteiger partial charge in [0, 0.05) is 25.7 Å². The summed E-state index contributed by atoms with van der Waals surface area (Å²) < 4.78 is 67.7. The van der Waals surface area contributed by atoms with E-state index in [1.165, 1.54) is 116 Å². The third-order valence-corrected chi connectivity index (χ3v) is 16.6. The lowest BCUT2D eigenvalue weighted by Crippen LogP contribution is -2.30. The van der Waals surface area contributed by atoms with Crippen molar-refractivity contribution >= 4 is 39.5 Å². The highest BCUT2D eigenvalue weighted by molar-refractivity contribution is 7.47. The lowest BCUT2D eigenvalue weighted by atomic mass is 10.0. The first-order chi connectivity index (χ1) is 39.9. The first-order valence-electron chi connectivity index (χ1n) is 33.5. The Balaban J connectivity index is 5.13. The molecule has 19 heteroatoms. The molecule has 3 N–H and O–H groups in total. The van der Waals surface area contributed by atoms with Crippen molar-refractivity contribution in [1.29, 1.82) is 0 Å². The molecule has 0 amide bonds. The summed E-state index contributed by atoms with van der Waals surface area (Å²) in [6.07, 6.45) is 39.5. The van der Waals surface area contributed by atoms with Crippen LogP contribution in [0.1, 0.15) is 318 Å². The van der Waals surface area contributed by atoms with E-state index in [9.17, 15) is 43.2 Å². The second-order valence-electron chi connectivity index (χ2n) is 24.1. The van der Waals surface area contributed by atoms with Gasteiger partial charge in [0.1, 0.15) is 19.3 Å². The number of phosphoric ester groups is 2. The first-order valence-corrected chi connectivity index (χ1v) is 36.5. The number of aliphatic hydroxyl groups is 1. The standard InChI is InChI=1S/C64H124O17P2/c1-7-9-11-13-27-36-42-48-63(68)80-59(52-74-61(66)46-40-32-12-10-8-2)54-78-82(70,71)76-50-58(65)51-77-83(72,73)79-55-60(53-75-62(67)47-41-35-30-25-22-21-24-29-34-39-45-57(5)6)81-64(69)49-43-37-31-26-20-18-16-14-15-17-19-23-28-33-38-44-56(3)4/h56-60,65H,7-55H2,1-6H3,(H,70,71)(H,72,73)/t58-,59+,60+/m0/s1. The number of unbranched alkanes of at least 4 members (excludes halogenated alkanes) is 33. The summed E-state index contributed by atoms with van der Waals surface area (Å²) in [5, 5.41) is 10.5. The highest BCUT2D eigenvalue weighted by Crippen LogP contribution is 2.45. The van der Waals surface area contributed by atoms with Gasteiger partial charge in [-0.1, -0.05) is 266 Å². The minimum Gasteiger partial charge on any atom is -0.462 e. The predicted molar refractivity (Wildman–Crippen MR) is 331 cm³/mol. The van der Waals surface area contributed by atoms with Crippen LogP contribution < -0.4 is 0 Å². The lowest BCUT2D eigenvalue weighted by Gasteiger charge is -2.21. The monoisotopic (exact) mass is 1230 g/mol. The topological polar surface area (TPSA) is 237 Å². The van der Waals surface area contributed by atoms with Gasteiger partial charge in [0.15, 0.2) is 12.2 Å². The molecule has 0 saturated carbocycles. The van der Waals surface area contributed by atoms with Gasteiger partial charge in [-0.3, -0.25) is 37.3 Å². The molecule has 17 nitrogen and oxygen atoms in total. The van der Waals surface area contributed by atoms with Crippen molar-refractivity contribution in [2.45, 2.75) is 336 Å². The fourth-order valence-corrected chi connectivity index (χ4v) is 11.1. The van der Waals surface area contributed by atoms with Crippen LogP contribution in [-0.4, -0.2) is 96.7 Å². The van der Waals surface area contributed by atoms with Crippen molar-refractivity contribution in [2.24, 2.45) is 11.8 Å². The Kier molecular flexibility index (Phi) is 55.2. The van der Waals surface area contributed by atoms with Crippen molar-refractivity contribution in [2.75, 3.05) is 39.6 Å². The van der Waals surface area contributed by atoms with Crippen LogP contribution in [0.3, 0.4) is 0 Å². The molecule has 0 heterocycles. The van der Waals surface area contributed by atoms with Gasteiger partial charge in [0.25, 0.3) is 0 Å². The molecule has 0 aliphatic heterocycles. The lowest BCUT2D eigenvalue weighted by molar-refractivity contribution is -0.161. The number of rotatable bonds is 63. The second-order valence-corrected chi connectivity index (χ2v) is 27.0. The number of carbonyl (C=O) groups excluding carboxylic acids is 4.